The Morgan fingerprint density at radius 2 is 1.95 bits per heavy atom. The van der Waals surface area contributed by atoms with E-state index < -0.39 is 10.0 Å². The number of nitrogens with zero attached hydrogens (tertiary/aromatic N) is 2. The smallest absolute Gasteiger partial charge is 0.243 e. The summed E-state index contributed by atoms with van der Waals surface area (Å²) in [5.41, 5.74) is 6.18. The summed E-state index contributed by atoms with van der Waals surface area (Å²) in [6.45, 7) is 1.36. The monoisotopic (exact) mass is 283 g/mol. The average Bonchev–Trinajstić information content (AvgIpc) is 2.77. The molecule has 0 aliphatic carbocycles. The SMILES string of the molecule is CN(C)CC1CCCN1S(=O)(=O)c1ccc(N)cc1. The minimum atomic E-state index is -3.40. The van der Waals surface area contributed by atoms with E-state index in [-0.39, 0.29) is 6.04 Å². The fourth-order valence-electron chi connectivity index (χ4n) is 2.50. The fraction of sp³-hybridized carbons (Fsp3) is 0.538. The van der Waals surface area contributed by atoms with E-state index in [1.54, 1.807) is 28.6 Å². The predicted molar refractivity (Wildman–Crippen MR) is 76.3 cm³/mol. The summed E-state index contributed by atoms with van der Waals surface area (Å²) < 4.78 is 26.8. The van der Waals surface area contributed by atoms with Crippen molar-refractivity contribution in [2.45, 2.75) is 23.8 Å². The molecule has 1 aliphatic heterocycles. The molecular formula is C13H21N3O2S. The van der Waals surface area contributed by atoms with Gasteiger partial charge in [0.1, 0.15) is 0 Å². The van der Waals surface area contributed by atoms with Crippen LogP contribution in [0, 0.1) is 0 Å². The fourth-order valence-corrected chi connectivity index (χ4v) is 4.19. The van der Waals surface area contributed by atoms with Crippen LogP contribution in [0.5, 0.6) is 0 Å². The highest BCUT2D eigenvalue weighted by atomic mass is 32.2. The molecule has 2 rings (SSSR count). The van der Waals surface area contributed by atoms with Gasteiger partial charge in [-0.2, -0.15) is 4.31 Å². The van der Waals surface area contributed by atoms with E-state index in [2.05, 4.69) is 0 Å². The molecule has 0 amide bonds. The third kappa shape index (κ3) is 3.08. The Labute approximate surface area is 115 Å². The molecule has 1 atom stereocenters. The maximum Gasteiger partial charge on any atom is 0.243 e. The Hall–Kier alpha value is -1.11. The quantitative estimate of drug-likeness (QED) is 0.837. The number of anilines is 1. The molecule has 1 saturated heterocycles. The lowest BCUT2D eigenvalue weighted by Gasteiger charge is -2.26. The Bertz CT molecular complexity index is 525. The molecule has 1 fully saturated rings. The lowest BCUT2D eigenvalue weighted by molar-refractivity contribution is 0.291. The number of hydrogen-bond donors (Lipinski definition) is 1. The van der Waals surface area contributed by atoms with Crippen LogP contribution >= 0.6 is 0 Å². The molecular weight excluding hydrogens is 262 g/mol. The van der Waals surface area contributed by atoms with Crippen LogP contribution in [0.4, 0.5) is 5.69 Å². The zero-order chi connectivity index (χ0) is 14.0. The second-order valence-electron chi connectivity index (χ2n) is 5.24. The molecule has 106 valence electrons. The summed E-state index contributed by atoms with van der Waals surface area (Å²) >= 11 is 0. The number of sulfonamides is 1. The van der Waals surface area contributed by atoms with E-state index in [9.17, 15) is 8.42 Å². The number of benzene rings is 1. The van der Waals surface area contributed by atoms with Gasteiger partial charge in [-0.15, -0.1) is 0 Å². The Balaban J connectivity index is 2.25. The first-order valence-corrected chi connectivity index (χ1v) is 7.87. The Morgan fingerprint density at radius 1 is 1.32 bits per heavy atom. The summed E-state index contributed by atoms with van der Waals surface area (Å²) in [5, 5.41) is 0. The van der Waals surface area contributed by atoms with Crippen molar-refractivity contribution >= 4 is 15.7 Å². The minimum absolute atomic E-state index is 0.0672. The lowest BCUT2D eigenvalue weighted by Crippen LogP contribution is -2.41. The summed E-state index contributed by atoms with van der Waals surface area (Å²) in [4.78, 5) is 2.36. The summed E-state index contributed by atoms with van der Waals surface area (Å²) in [5.74, 6) is 0. The van der Waals surface area contributed by atoms with Crippen LogP contribution in [-0.2, 0) is 10.0 Å². The average molecular weight is 283 g/mol. The molecule has 1 heterocycles. The molecule has 2 N–H and O–H groups in total. The van der Waals surface area contributed by atoms with Crippen molar-refractivity contribution in [1.29, 1.82) is 0 Å². The zero-order valence-electron chi connectivity index (χ0n) is 11.4. The zero-order valence-corrected chi connectivity index (χ0v) is 12.2. The third-order valence-corrected chi connectivity index (χ3v) is 5.35. The first-order valence-electron chi connectivity index (χ1n) is 6.43. The summed E-state index contributed by atoms with van der Waals surface area (Å²) in [6.07, 6.45) is 1.85. The molecule has 5 nitrogen and oxygen atoms in total. The van der Waals surface area contributed by atoms with Crippen molar-refractivity contribution in [3.05, 3.63) is 24.3 Å². The highest BCUT2D eigenvalue weighted by Crippen LogP contribution is 2.26. The molecule has 0 radical (unpaired) electrons. The van der Waals surface area contributed by atoms with Gasteiger partial charge in [0.05, 0.1) is 4.90 Å². The summed E-state index contributed by atoms with van der Waals surface area (Å²) in [6, 6.07) is 6.48. The van der Waals surface area contributed by atoms with Crippen molar-refractivity contribution in [3.63, 3.8) is 0 Å². The van der Waals surface area contributed by atoms with Gasteiger partial charge < -0.3 is 10.6 Å². The molecule has 1 aromatic rings. The number of nitrogen functional groups attached to an aromatic ring is 1. The maximum atomic E-state index is 12.6. The second-order valence-corrected chi connectivity index (χ2v) is 7.13. The first kappa shape index (κ1) is 14.3. The largest absolute Gasteiger partial charge is 0.399 e. The first-order chi connectivity index (χ1) is 8.91. The molecule has 1 aromatic carbocycles. The molecule has 1 unspecified atom stereocenters. The standard InChI is InChI=1S/C13H21N3O2S/c1-15(2)10-12-4-3-9-16(12)19(17,18)13-7-5-11(14)6-8-13/h5-8,12H,3-4,9-10,14H2,1-2H3. The van der Waals surface area contributed by atoms with E-state index in [1.807, 2.05) is 19.0 Å². The van der Waals surface area contributed by atoms with Crippen LogP contribution in [0.2, 0.25) is 0 Å². The van der Waals surface area contributed by atoms with E-state index in [0.29, 0.717) is 17.1 Å². The second kappa shape index (κ2) is 5.48. The van der Waals surface area contributed by atoms with Crippen molar-refractivity contribution in [2.75, 3.05) is 32.9 Å². The summed E-state index contributed by atoms with van der Waals surface area (Å²) in [7, 11) is 0.530. The highest BCUT2D eigenvalue weighted by Gasteiger charge is 2.35. The van der Waals surface area contributed by atoms with Gasteiger partial charge in [-0.05, 0) is 51.2 Å². The van der Waals surface area contributed by atoms with Crippen LogP contribution < -0.4 is 5.73 Å². The highest BCUT2D eigenvalue weighted by molar-refractivity contribution is 7.89. The van der Waals surface area contributed by atoms with Crippen LogP contribution in [-0.4, -0.2) is 50.8 Å². The normalized spacial score (nSPS) is 21.1. The van der Waals surface area contributed by atoms with Gasteiger partial charge in [0.2, 0.25) is 10.0 Å². The Morgan fingerprint density at radius 3 is 2.53 bits per heavy atom. The van der Waals surface area contributed by atoms with Crippen molar-refractivity contribution in [3.8, 4) is 0 Å². The Kier molecular flexibility index (Phi) is 4.13. The minimum Gasteiger partial charge on any atom is -0.399 e. The topological polar surface area (TPSA) is 66.6 Å². The van der Waals surface area contributed by atoms with Crippen LogP contribution in [0.15, 0.2) is 29.2 Å². The number of likely N-dealkylation sites (N-methyl/N-ethyl adjacent to an activating group) is 1. The van der Waals surface area contributed by atoms with Gasteiger partial charge in [0.15, 0.2) is 0 Å². The lowest BCUT2D eigenvalue weighted by atomic mass is 10.2. The van der Waals surface area contributed by atoms with Gasteiger partial charge in [-0.25, -0.2) is 8.42 Å². The molecule has 0 saturated carbocycles. The van der Waals surface area contributed by atoms with Gasteiger partial charge in [0, 0.05) is 24.8 Å². The molecule has 0 bridgehead atoms. The van der Waals surface area contributed by atoms with Crippen molar-refractivity contribution in [1.82, 2.24) is 9.21 Å². The molecule has 6 heteroatoms. The van der Waals surface area contributed by atoms with Crippen molar-refractivity contribution in [2.24, 2.45) is 0 Å². The van der Waals surface area contributed by atoms with Crippen LogP contribution in [0.3, 0.4) is 0 Å². The molecule has 0 aromatic heterocycles. The predicted octanol–water partition coefficient (Wildman–Crippen LogP) is 0.983. The van der Waals surface area contributed by atoms with Gasteiger partial charge >= 0.3 is 0 Å². The van der Waals surface area contributed by atoms with Crippen molar-refractivity contribution < 1.29 is 8.42 Å². The van der Waals surface area contributed by atoms with Gasteiger partial charge in [-0.1, -0.05) is 0 Å². The number of rotatable bonds is 4. The van der Waals surface area contributed by atoms with Gasteiger partial charge in [-0.3, -0.25) is 0 Å². The van der Waals surface area contributed by atoms with Crippen LogP contribution in [0.25, 0.3) is 0 Å². The van der Waals surface area contributed by atoms with E-state index in [0.717, 1.165) is 19.4 Å². The molecule has 19 heavy (non-hydrogen) atoms. The van der Waals surface area contributed by atoms with E-state index in [1.165, 1.54) is 0 Å². The van der Waals surface area contributed by atoms with Crippen LogP contribution in [0.1, 0.15) is 12.8 Å². The van der Waals surface area contributed by atoms with Gasteiger partial charge in [0.25, 0.3) is 0 Å². The molecule has 1 aliphatic rings. The third-order valence-electron chi connectivity index (χ3n) is 3.39. The maximum absolute atomic E-state index is 12.6. The number of hydrogen-bond acceptors (Lipinski definition) is 4. The number of nitrogens with two attached hydrogens (primary N) is 1. The molecule has 0 spiro atoms. The van der Waals surface area contributed by atoms with E-state index in [4.69, 9.17) is 5.73 Å². The van der Waals surface area contributed by atoms with E-state index >= 15 is 0 Å².